The van der Waals surface area contributed by atoms with E-state index in [9.17, 15) is 0 Å². The van der Waals surface area contributed by atoms with E-state index in [0.29, 0.717) is 6.04 Å². The first-order chi connectivity index (χ1) is 7.65. The maximum atomic E-state index is 5.89. The number of nitrogens with one attached hydrogen (secondary N) is 1. The van der Waals surface area contributed by atoms with Crippen LogP contribution in [0.1, 0.15) is 19.5 Å². The van der Waals surface area contributed by atoms with Gasteiger partial charge in [-0.05, 0) is 6.07 Å². The van der Waals surface area contributed by atoms with Gasteiger partial charge in [-0.3, -0.25) is 0 Å². The topological polar surface area (TPSA) is 24.9 Å². The second kappa shape index (κ2) is 5.27. The van der Waals surface area contributed by atoms with Crippen molar-refractivity contribution in [2.45, 2.75) is 26.4 Å². The van der Waals surface area contributed by atoms with Crippen LogP contribution in [0.3, 0.4) is 0 Å². The molecule has 0 aliphatic rings. The maximum absolute atomic E-state index is 5.89. The smallest absolute Gasteiger partial charge is 0.133 e. The van der Waals surface area contributed by atoms with Gasteiger partial charge in [-0.15, -0.1) is 22.7 Å². The molecule has 0 unspecified atom stereocenters. The summed E-state index contributed by atoms with van der Waals surface area (Å²) < 4.78 is 0. The number of rotatable bonds is 4. The van der Waals surface area contributed by atoms with Gasteiger partial charge in [0.15, 0.2) is 0 Å². The Morgan fingerprint density at radius 3 is 2.81 bits per heavy atom. The van der Waals surface area contributed by atoms with Gasteiger partial charge in [0.25, 0.3) is 0 Å². The Kier molecular flexibility index (Phi) is 3.97. The number of nitrogens with zero attached hydrogens (tertiary/aromatic N) is 1. The first-order valence-electron chi connectivity index (χ1n) is 5.07. The Morgan fingerprint density at radius 1 is 1.38 bits per heavy atom. The lowest BCUT2D eigenvalue weighted by atomic mass is 10.3. The van der Waals surface area contributed by atoms with Gasteiger partial charge >= 0.3 is 0 Å². The predicted octanol–water partition coefficient (Wildman–Crippen LogP) is 4.02. The molecule has 0 bridgehead atoms. The van der Waals surface area contributed by atoms with Crippen molar-refractivity contribution >= 4 is 34.3 Å². The minimum Gasteiger partial charge on any atom is -0.309 e. The first-order valence-corrected chi connectivity index (χ1v) is 7.21. The highest BCUT2D eigenvalue weighted by Crippen LogP contribution is 2.31. The van der Waals surface area contributed by atoms with Crippen molar-refractivity contribution in [2.75, 3.05) is 0 Å². The maximum Gasteiger partial charge on any atom is 0.133 e. The van der Waals surface area contributed by atoms with Gasteiger partial charge in [0, 0.05) is 23.3 Å². The molecule has 0 fully saturated rings. The van der Waals surface area contributed by atoms with E-state index in [2.05, 4.69) is 29.5 Å². The molecule has 0 atom stereocenters. The third-order valence-corrected chi connectivity index (χ3v) is 4.36. The van der Waals surface area contributed by atoms with Gasteiger partial charge in [0.05, 0.1) is 15.6 Å². The van der Waals surface area contributed by atoms with Crippen LogP contribution in [0.5, 0.6) is 0 Å². The molecule has 86 valence electrons. The molecule has 0 saturated carbocycles. The van der Waals surface area contributed by atoms with E-state index >= 15 is 0 Å². The second-order valence-corrected chi connectivity index (χ2v) is 6.01. The van der Waals surface area contributed by atoms with Gasteiger partial charge in [-0.1, -0.05) is 25.4 Å². The third kappa shape index (κ3) is 3.04. The van der Waals surface area contributed by atoms with E-state index in [-0.39, 0.29) is 0 Å². The summed E-state index contributed by atoms with van der Waals surface area (Å²) in [5.41, 5.74) is 1.10. The summed E-state index contributed by atoms with van der Waals surface area (Å²) in [7, 11) is 0. The first kappa shape index (κ1) is 12.0. The third-order valence-electron chi connectivity index (χ3n) is 2.02. The molecule has 2 heterocycles. The summed E-state index contributed by atoms with van der Waals surface area (Å²) in [6, 6.07) is 2.45. The van der Waals surface area contributed by atoms with Crippen LogP contribution >= 0.6 is 34.3 Å². The Morgan fingerprint density at radius 2 is 2.19 bits per heavy atom. The van der Waals surface area contributed by atoms with Crippen LogP contribution in [0.25, 0.3) is 9.88 Å². The lowest BCUT2D eigenvalue weighted by Crippen LogP contribution is -2.21. The number of aromatic nitrogens is 1. The molecule has 2 aromatic heterocycles. The fraction of sp³-hybridized carbons (Fsp3) is 0.364. The Labute approximate surface area is 108 Å². The molecule has 0 saturated heterocycles. The SMILES string of the molecule is CC(C)NCc1csc(-c2cc(Cl)cs2)n1. The summed E-state index contributed by atoms with van der Waals surface area (Å²) in [6.07, 6.45) is 0. The number of hydrogen-bond acceptors (Lipinski definition) is 4. The minimum absolute atomic E-state index is 0.487. The molecule has 0 aliphatic heterocycles. The van der Waals surface area contributed by atoms with Crippen LogP contribution in [-0.4, -0.2) is 11.0 Å². The lowest BCUT2D eigenvalue weighted by Gasteiger charge is -2.04. The molecule has 2 nitrogen and oxygen atoms in total. The van der Waals surface area contributed by atoms with E-state index in [0.717, 1.165) is 27.1 Å². The molecule has 0 aliphatic carbocycles. The molecule has 5 heteroatoms. The van der Waals surface area contributed by atoms with Gasteiger partial charge in [0.1, 0.15) is 5.01 Å². The normalized spacial score (nSPS) is 11.2. The minimum atomic E-state index is 0.487. The van der Waals surface area contributed by atoms with Crippen molar-refractivity contribution in [3.63, 3.8) is 0 Å². The summed E-state index contributed by atoms with van der Waals surface area (Å²) in [4.78, 5) is 5.72. The van der Waals surface area contributed by atoms with E-state index in [1.165, 1.54) is 0 Å². The molecule has 0 aromatic carbocycles. The van der Waals surface area contributed by atoms with E-state index in [1.807, 2.05) is 11.4 Å². The van der Waals surface area contributed by atoms with E-state index in [4.69, 9.17) is 11.6 Å². The largest absolute Gasteiger partial charge is 0.309 e. The summed E-state index contributed by atoms with van der Waals surface area (Å²) in [6.45, 7) is 5.09. The molecule has 0 spiro atoms. The molecule has 2 rings (SSSR count). The second-order valence-electron chi connectivity index (χ2n) is 3.81. The zero-order valence-corrected chi connectivity index (χ0v) is 11.5. The Balaban J connectivity index is 2.07. The molecule has 2 aromatic rings. The molecule has 0 radical (unpaired) electrons. The quantitative estimate of drug-likeness (QED) is 0.909. The summed E-state index contributed by atoms with van der Waals surface area (Å²) in [5, 5.41) is 9.23. The standard InChI is InChI=1S/C11H13ClN2S2/c1-7(2)13-4-9-6-16-11(14-9)10-3-8(12)5-15-10/h3,5-7,13H,4H2,1-2H3. The van der Waals surface area contributed by atoms with Crippen LogP contribution in [0.4, 0.5) is 0 Å². The lowest BCUT2D eigenvalue weighted by molar-refractivity contribution is 0.583. The van der Waals surface area contributed by atoms with E-state index in [1.54, 1.807) is 22.7 Å². The van der Waals surface area contributed by atoms with Gasteiger partial charge in [-0.25, -0.2) is 4.98 Å². The van der Waals surface area contributed by atoms with Crippen molar-refractivity contribution in [3.8, 4) is 9.88 Å². The zero-order chi connectivity index (χ0) is 11.5. The Hall–Kier alpha value is -0.420. The van der Waals surface area contributed by atoms with E-state index < -0.39 is 0 Å². The van der Waals surface area contributed by atoms with Gasteiger partial charge < -0.3 is 5.32 Å². The number of hydrogen-bond donors (Lipinski definition) is 1. The molecule has 0 amide bonds. The number of thiophene rings is 1. The van der Waals surface area contributed by atoms with Crippen molar-refractivity contribution in [3.05, 3.63) is 27.5 Å². The average Bonchev–Trinajstić information content (AvgIpc) is 2.83. The van der Waals surface area contributed by atoms with Crippen LogP contribution in [-0.2, 0) is 6.54 Å². The van der Waals surface area contributed by atoms with Crippen LogP contribution in [0, 0.1) is 0 Å². The van der Waals surface area contributed by atoms with Crippen LogP contribution in [0.2, 0.25) is 5.02 Å². The monoisotopic (exact) mass is 272 g/mol. The zero-order valence-electron chi connectivity index (χ0n) is 9.16. The van der Waals surface area contributed by atoms with Crippen LogP contribution in [0.15, 0.2) is 16.8 Å². The molecular weight excluding hydrogens is 260 g/mol. The highest BCUT2D eigenvalue weighted by molar-refractivity contribution is 7.20. The van der Waals surface area contributed by atoms with Crippen molar-refractivity contribution in [1.29, 1.82) is 0 Å². The fourth-order valence-corrected chi connectivity index (χ4v) is 3.21. The predicted molar refractivity (Wildman–Crippen MR) is 72.4 cm³/mol. The average molecular weight is 273 g/mol. The molecule has 1 N–H and O–H groups in total. The highest BCUT2D eigenvalue weighted by atomic mass is 35.5. The highest BCUT2D eigenvalue weighted by Gasteiger charge is 2.07. The summed E-state index contributed by atoms with van der Waals surface area (Å²) >= 11 is 9.20. The van der Waals surface area contributed by atoms with Gasteiger partial charge in [-0.2, -0.15) is 0 Å². The van der Waals surface area contributed by atoms with Crippen molar-refractivity contribution in [1.82, 2.24) is 10.3 Å². The molecule has 16 heavy (non-hydrogen) atoms. The fourth-order valence-electron chi connectivity index (χ4n) is 1.24. The summed E-state index contributed by atoms with van der Waals surface area (Å²) in [5.74, 6) is 0. The number of thiazole rings is 1. The van der Waals surface area contributed by atoms with Crippen LogP contribution < -0.4 is 5.32 Å². The van der Waals surface area contributed by atoms with Gasteiger partial charge in [0.2, 0.25) is 0 Å². The Bertz CT molecular complexity index is 462. The molecular formula is C11H13ClN2S2. The van der Waals surface area contributed by atoms with Crippen molar-refractivity contribution in [2.24, 2.45) is 0 Å². The number of halogens is 1. The van der Waals surface area contributed by atoms with Crippen molar-refractivity contribution < 1.29 is 0 Å².